The highest BCUT2D eigenvalue weighted by atomic mass is 35.5. The van der Waals surface area contributed by atoms with E-state index in [1.807, 2.05) is 0 Å². The second-order valence-electron chi connectivity index (χ2n) is 4.19. The molecule has 0 amide bonds. The Labute approximate surface area is 99.5 Å². The fraction of sp³-hybridized carbons (Fsp3) is 0.500. The zero-order valence-corrected chi connectivity index (χ0v) is 9.71. The van der Waals surface area contributed by atoms with Crippen molar-refractivity contribution < 1.29 is 9.13 Å². The minimum absolute atomic E-state index is 0.110. The van der Waals surface area contributed by atoms with Crippen molar-refractivity contribution in [2.24, 2.45) is 5.73 Å². The highest BCUT2D eigenvalue weighted by Gasteiger charge is 2.24. The number of hydrogen-bond acceptors (Lipinski definition) is 2. The van der Waals surface area contributed by atoms with Crippen LogP contribution in [0.1, 0.15) is 24.8 Å². The van der Waals surface area contributed by atoms with Crippen LogP contribution in [0.3, 0.4) is 0 Å². The summed E-state index contributed by atoms with van der Waals surface area (Å²) in [5, 5.41) is 0.140. The molecule has 0 heterocycles. The van der Waals surface area contributed by atoms with Gasteiger partial charge in [-0.25, -0.2) is 4.39 Å². The van der Waals surface area contributed by atoms with Gasteiger partial charge in [-0.15, -0.1) is 0 Å². The molecular weight excluding hydrogens is 229 g/mol. The first-order valence-corrected chi connectivity index (χ1v) is 5.86. The maximum Gasteiger partial charge on any atom is 0.142 e. The lowest BCUT2D eigenvalue weighted by atomic mass is 10.2. The molecule has 1 aromatic rings. The molecule has 1 fully saturated rings. The fourth-order valence-corrected chi connectivity index (χ4v) is 2.11. The second kappa shape index (κ2) is 5.13. The van der Waals surface area contributed by atoms with Gasteiger partial charge in [-0.2, -0.15) is 0 Å². The van der Waals surface area contributed by atoms with Crippen molar-refractivity contribution in [1.82, 2.24) is 0 Å². The number of benzene rings is 1. The molecule has 16 heavy (non-hydrogen) atoms. The van der Waals surface area contributed by atoms with Crippen LogP contribution in [0, 0.1) is 5.82 Å². The first-order valence-electron chi connectivity index (χ1n) is 5.48. The third-order valence-electron chi connectivity index (χ3n) is 2.95. The SMILES string of the molecule is NC1CCCC1OCc1ccc(Cl)c(F)c1. The molecule has 0 aliphatic heterocycles. The van der Waals surface area contributed by atoms with Gasteiger partial charge in [0.2, 0.25) is 0 Å². The average molecular weight is 244 g/mol. The van der Waals surface area contributed by atoms with Gasteiger partial charge in [0.05, 0.1) is 17.7 Å². The minimum Gasteiger partial charge on any atom is -0.372 e. The summed E-state index contributed by atoms with van der Waals surface area (Å²) in [5.41, 5.74) is 6.67. The van der Waals surface area contributed by atoms with Gasteiger partial charge in [0, 0.05) is 6.04 Å². The molecule has 2 unspecified atom stereocenters. The van der Waals surface area contributed by atoms with Crippen LogP contribution >= 0.6 is 11.6 Å². The Hall–Kier alpha value is -0.640. The van der Waals surface area contributed by atoms with Gasteiger partial charge in [-0.3, -0.25) is 0 Å². The van der Waals surface area contributed by atoms with Crippen LogP contribution in [0.2, 0.25) is 5.02 Å². The van der Waals surface area contributed by atoms with Crippen molar-refractivity contribution in [3.05, 3.63) is 34.6 Å². The van der Waals surface area contributed by atoms with Gasteiger partial charge in [-0.05, 0) is 37.0 Å². The van der Waals surface area contributed by atoms with Gasteiger partial charge in [0.15, 0.2) is 0 Å². The molecule has 0 bridgehead atoms. The fourth-order valence-electron chi connectivity index (χ4n) is 1.99. The van der Waals surface area contributed by atoms with Crippen LogP contribution in [-0.4, -0.2) is 12.1 Å². The van der Waals surface area contributed by atoms with Crippen LogP contribution in [0.15, 0.2) is 18.2 Å². The monoisotopic (exact) mass is 243 g/mol. The third-order valence-corrected chi connectivity index (χ3v) is 3.26. The van der Waals surface area contributed by atoms with Crippen LogP contribution in [0.4, 0.5) is 4.39 Å². The van der Waals surface area contributed by atoms with E-state index >= 15 is 0 Å². The summed E-state index contributed by atoms with van der Waals surface area (Å²) in [5.74, 6) is -0.404. The molecule has 0 spiro atoms. The van der Waals surface area contributed by atoms with Crippen LogP contribution in [0.5, 0.6) is 0 Å². The maximum atomic E-state index is 13.1. The van der Waals surface area contributed by atoms with E-state index in [1.165, 1.54) is 6.07 Å². The summed E-state index contributed by atoms with van der Waals surface area (Å²) < 4.78 is 18.8. The van der Waals surface area contributed by atoms with Crippen LogP contribution < -0.4 is 5.73 Å². The number of nitrogens with two attached hydrogens (primary N) is 1. The number of hydrogen-bond donors (Lipinski definition) is 1. The number of ether oxygens (including phenoxy) is 1. The van der Waals surface area contributed by atoms with Crippen LogP contribution in [-0.2, 0) is 11.3 Å². The Morgan fingerprint density at radius 2 is 2.25 bits per heavy atom. The molecule has 2 atom stereocenters. The summed E-state index contributed by atoms with van der Waals surface area (Å²) in [7, 11) is 0. The number of rotatable bonds is 3. The van der Waals surface area contributed by atoms with Gasteiger partial charge >= 0.3 is 0 Å². The van der Waals surface area contributed by atoms with Crippen molar-refractivity contribution in [2.45, 2.75) is 38.0 Å². The lowest BCUT2D eigenvalue weighted by Crippen LogP contribution is -2.31. The molecular formula is C12H15ClFNO. The van der Waals surface area contributed by atoms with E-state index < -0.39 is 5.82 Å². The maximum absolute atomic E-state index is 13.1. The Kier molecular flexibility index (Phi) is 3.79. The molecule has 2 N–H and O–H groups in total. The smallest absolute Gasteiger partial charge is 0.142 e. The van der Waals surface area contributed by atoms with Gasteiger partial charge in [0.25, 0.3) is 0 Å². The topological polar surface area (TPSA) is 35.2 Å². The Morgan fingerprint density at radius 3 is 2.88 bits per heavy atom. The predicted molar refractivity (Wildman–Crippen MR) is 61.8 cm³/mol. The zero-order chi connectivity index (χ0) is 11.5. The molecule has 0 radical (unpaired) electrons. The predicted octanol–water partition coefficient (Wildman–Crippen LogP) is 2.88. The average Bonchev–Trinajstić information content (AvgIpc) is 2.66. The Bertz CT molecular complexity index is 372. The molecule has 1 aliphatic rings. The summed E-state index contributed by atoms with van der Waals surface area (Å²) in [6.45, 7) is 0.395. The lowest BCUT2D eigenvalue weighted by molar-refractivity contribution is 0.0356. The molecule has 1 aliphatic carbocycles. The van der Waals surface area contributed by atoms with Gasteiger partial charge in [-0.1, -0.05) is 17.7 Å². The minimum atomic E-state index is -0.404. The summed E-state index contributed by atoms with van der Waals surface area (Å²) in [6.07, 6.45) is 3.23. The van der Waals surface area contributed by atoms with E-state index in [0.717, 1.165) is 24.8 Å². The third kappa shape index (κ3) is 2.73. The molecule has 88 valence electrons. The molecule has 4 heteroatoms. The van der Waals surface area contributed by atoms with Crippen molar-refractivity contribution in [3.8, 4) is 0 Å². The summed E-state index contributed by atoms with van der Waals surface area (Å²) in [6, 6.07) is 4.84. The molecule has 1 aromatic carbocycles. The lowest BCUT2D eigenvalue weighted by Gasteiger charge is -2.16. The molecule has 2 rings (SSSR count). The van der Waals surface area contributed by atoms with Crippen molar-refractivity contribution in [3.63, 3.8) is 0 Å². The van der Waals surface area contributed by atoms with E-state index in [4.69, 9.17) is 22.1 Å². The van der Waals surface area contributed by atoms with E-state index in [1.54, 1.807) is 12.1 Å². The largest absolute Gasteiger partial charge is 0.372 e. The highest BCUT2D eigenvalue weighted by Crippen LogP contribution is 2.22. The van der Waals surface area contributed by atoms with E-state index in [2.05, 4.69) is 0 Å². The molecule has 0 aromatic heterocycles. The van der Waals surface area contributed by atoms with Gasteiger partial charge in [0.1, 0.15) is 5.82 Å². The number of halogens is 2. The van der Waals surface area contributed by atoms with Crippen molar-refractivity contribution in [1.29, 1.82) is 0 Å². The molecule has 0 saturated heterocycles. The molecule has 1 saturated carbocycles. The molecule has 2 nitrogen and oxygen atoms in total. The van der Waals surface area contributed by atoms with Crippen LogP contribution in [0.25, 0.3) is 0 Å². The highest BCUT2D eigenvalue weighted by molar-refractivity contribution is 6.30. The first kappa shape index (κ1) is 11.8. The van der Waals surface area contributed by atoms with Gasteiger partial charge < -0.3 is 10.5 Å². The van der Waals surface area contributed by atoms with Crippen molar-refractivity contribution >= 4 is 11.6 Å². The second-order valence-corrected chi connectivity index (χ2v) is 4.60. The van der Waals surface area contributed by atoms with Crippen molar-refractivity contribution in [2.75, 3.05) is 0 Å². The normalized spacial score (nSPS) is 24.9. The Morgan fingerprint density at radius 1 is 1.44 bits per heavy atom. The summed E-state index contributed by atoms with van der Waals surface area (Å²) in [4.78, 5) is 0. The Balaban J connectivity index is 1.91. The standard InChI is InChI=1S/C12H15ClFNO/c13-9-5-4-8(6-10(9)14)7-16-12-3-1-2-11(12)15/h4-6,11-12H,1-3,7,15H2. The summed E-state index contributed by atoms with van der Waals surface area (Å²) >= 11 is 5.60. The quantitative estimate of drug-likeness (QED) is 0.886. The van der Waals surface area contributed by atoms with E-state index in [0.29, 0.717) is 6.61 Å². The zero-order valence-electron chi connectivity index (χ0n) is 8.96. The van der Waals surface area contributed by atoms with E-state index in [-0.39, 0.29) is 17.2 Å². The van der Waals surface area contributed by atoms with E-state index in [9.17, 15) is 4.39 Å². The first-order chi connectivity index (χ1) is 7.66.